The third-order valence-corrected chi connectivity index (χ3v) is 9.27. The normalized spacial score (nSPS) is 22.9. The molecule has 2 heterocycles. The van der Waals surface area contributed by atoms with E-state index in [4.69, 9.17) is 16.6 Å². The number of piperazine rings is 1. The molecule has 1 aliphatic heterocycles. The average molecular weight is 595 g/mol. The van der Waals surface area contributed by atoms with E-state index in [1.165, 1.54) is 4.90 Å². The van der Waals surface area contributed by atoms with Crippen LogP contribution in [0.2, 0.25) is 5.02 Å². The van der Waals surface area contributed by atoms with Gasteiger partial charge in [-0.25, -0.2) is 9.37 Å². The Morgan fingerprint density at radius 1 is 1.19 bits per heavy atom. The SMILES string of the molecule is CCC(=O)N1CCN(c2nc(NCCC(=O)N(C)C)nc3c(F)c(C4c5ccccc5C[C@]5(O)C[C@H]45)c(Cl)cc23)CC1. The van der Waals surface area contributed by atoms with Crippen LogP contribution in [0.4, 0.5) is 16.2 Å². The number of nitrogens with zero attached hydrogens (tertiary/aromatic N) is 5. The fraction of sp³-hybridized carbons (Fsp3) is 0.484. The highest BCUT2D eigenvalue weighted by atomic mass is 35.5. The molecule has 6 rings (SSSR count). The number of benzene rings is 2. The maximum Gasteiger partial charge on any atom is 0.225 e. The predicted octanol–water partition coefficient (Wildman–Crippen LogP) is 3.81. The van der Waals surface area contributed by atoms with E-state index < -0.39 is 17.3 Å². The smallest absolute Gasteiger partial charge is 0.225 e. The van der Waals surface area contributed by atoms with Gasteiger partial charge in [-0.3, -0.25) is 9.59 Å². The van der Waals surface area contributed by atoms with Crippen LogP contribution < -0.4 is 10.2 Å². The van der Waals surface area contributed by atoms with Crippen LogP contribution in [-0.4, -0.2) is 89.1 Å². The summed E-state index contributed by atoms with van der Waals surface area (Å²) in [4.78, 5) is 39.2. The van der Waals surface area contributed by atoms with Crippen LogP contribution in [0, 0.1) is 11.7 Å². The molecule has 0 bridgehead atoms. The van der Waals surface area contributed by atoms with E-state index >= 15 is 4.39 Å². The number of halogens is 2. The van der Waals surface area contributed by atoms with Crippen molar-refractivity contribution in [2.24, 2.45) is 5.92 Å². The molecule has 1 aromatic heterocycles. The van der Waals surface area contributed by atoms with Crippen molar-refractivity contribution in [2.75, 3.05) is 57.0 Å². The first-order valence-electron chi connectivity index (χ1n) is 14.6. The average Bonchev–Trinajstić information content (AvgIpc) is 3.66. The van der Waals surface area contributed by atoms with E-state index in [0.717, 1.165) is 11.1 Å². The third kappa shape index (κ3) is 5.04. The van der Waals surface area contributed by atoms with E-state index in [1.807, 2.05) is 41.0 Å². The fourth-order valence-corrected chi connectivity index (χ4v) is 6.86. The molecule has 1 saturated carbocycles. The molecule has 2 fully saturated rings. The first-order chi connectivity index (χ1) is 20.1. The minimum absolute atomic E-state index is 0.0478. The number of aromatic nitrogens is 2. The number of amides is 2. The molecular formula is C31H36ClFN6O3. The Morgan fingerprint density at radius 3 is 2.64 bits per heavy atom. The number of carbonyl (C=O) groups excluding carboxylic acids is 2. The Hall–Kier alpha value is -3.50. The lowest BCUT2D eigenvalue weighted by Crippen LogP contribution is -2.49. The summed E-state index contributed by atoms with van der Waals surface area (Å²) in [6, 6.07) is 9.60. The highest BCUT2D eigenvalue weighted by molar-refractivity contribution is 6.32. The molecule has 3 aliphatic rings. The van der Waals surface area contributed by atoms with Crippen molar-refractivity contribution in [2.45, 2.75) is 44.1 Å². The van der Waals surface area contributed by atoms with Crippen molar-refractivity contribution in [1.82, 2.24) is 19.8 Å². The number of hydrogen-bond donors (Lipinski definition) is 2. The highest BCUT2D eigenvalue weighted by Gasteiger charge is 2.60. The van der Waals surface area contributed by atoms with Crippen molar-refractivity contribution in [3.63, 3.8) is 0 Å². The van der Waals surface area contributed by atoms with Gasteiger partial charge in [0.05, 0.1) is 5.60 Å². The summed E-state index contributed by atoms with van der Waals surface area (Å²) < 4.78 is 16.8. The number of fused-ring (bicyclic) bond motifs is 3. The maximum atomic E-state index is 16.8. The van der Waals surface area contributed by atoms with Crippen LogP contribution in [0.3, 0.4) is 0 Å². The molecule has 11 heteroatoms. The summed E-state index contributed by atoms with van der Waals surface area (Å²) in [5.74, 6) is -0.246. The van der Waals surface area contributed by atoms with Crippen LogP contribution in [0.1, 0.15) is 48.8 Å². The molecule has 1 unspecified atom stereocenters. The number of anilines is 2. The Bertz CT molecular complexity index is 1560. The highest BCUT2D eigenvalue weighted by Crippen LogP contribution is 2.61. The zero-order valence-electron chi connectivity index (χ0n) is 24.2. The van der Waals surface area contributed by atoms with Crippen molar-refractivity contribution in [1.29, 1.82) is 0 Å². The van der Waals surface area contributed by atoms with Gasteiger partial charge in [0.15, 0.2) is 5.82 Å². The summed E-state index contributed by atoms with van der Waals surface area (Å²) in [7, 11) is 3.39. The van der Waals surface area contributed by atoms with Gasteiger partial charge in [0.1, 0.15) is 11.3 Å². The first kappa shape index (κ1) is 28.6. The predicted molar refractivity (Wildman–Crippen MR) is 160 cm³/mol. The molecule has 3 aromatic rings. The lowest BCUT2D eigenvalue weighted by Gasteiger charge is -2.36. The van der Waals surface area contributed by atoms with E-state index in [9.17, 15) is 14.7 Å². The summed E-state index contributed by atoms with van der Waals surface area (Å²) >= 11 is 6.91. The summed E-state index contributed by atoms with van der Waals surface area (Å²) in [6.45, 7) is 4.26. The third-order valence-electron chi connectivity index (χ3n) is 8.96. The van der Waals surface area contributed by atoms with Crippen LogP contribution >= 0.6 is 11.6 Å². The molecule has 0 radical (unpaired) electrons. The molecule has 2 aliphatic carbocycles. The molecular weight excluding hydrogens is 559 g/mol. The van der Waals surface area contributed by atoms with Gasteiger partial charge in [-0.15, -0.1) is 0 Å². The Kier molecular flexibility index (Phi) is 7.47. The van der Waals surface area contributed by atoms with Gasteiger partial charge in [-0.2, -0.15) is 4.98 Å². The largest absolute Gasteiger partial charge is 0.389 e. The maximum absolute atomic E-state index is 16.8. The molecule has 222 valence electrons. The molecule has 3 atom stereocenters. The lowest BCUT2D eigenvalue weighted by molar-refractivity contribution is -0.131. The number of aliphatic hydroxyl groups is 1. The number of carbonyl (C=O) groups is 2. The molecule has 0 spiro atoms. The Morgan fingerprint density at radius 2 is 1.93 bits per heavy atom. The van der Waals surface area contributed by atoms with E-state index in [0.29, 0.717) is 62.2 Å². The van der Waals surface area contributed by atoms with Crippen molar-refractivity contribution < 1.29 is 19.1 Å². The molecule has 2 N–H and O–H groups in total. The monoisotopic (exact) mass is 594 g/mol. The van der Waals surface area contributed by atoms with E-state index in [2.05, 4.69) is 10.3 Å². The topological polar surface area (TPSA) is 102 Å². The van der Waals surface area contributed by atoms with Gasteiger partial charge in [-0.05, 0) is 23.6 Å². The summed E-state index contributed by atoms with van der Waals surface area (Å²) in [5, 5.41) is 15.1. The first-order valence-corrected chi connectivity index (χ1v) is 15.0. The van der Waals surface area contributed by atoms with Gasteiger partial charge in [-0.1, -0.05) is 42.8 Å². The van der Waals surface area contributed by atoms with Gasteiger partial charge in [0.25, 0.3) is 0 Å². The molecule has 42 heavy (non-hydrogen) atoms. The second-order valence-electron chi connectivity index (χ2n) is 11.8. The standard InChI is InChI=1S/C31H36ClFN6O3/c1-4-23(40)38-11-13-39(14-12-38)29-20-15-22(32)26(25-19-8-6-5-7-18(19)16-31(42)17-21(25)31)27(33)28(20)35-30(36-29)34-10-9-24(41)37(2)3/h5-8,15,21,25,42H,4,9-14,16-17H2,1-3H3,(H,34,35,36)/t21-,25?,31+/m1/s1. The van der Waals surface area contributed by atoms with E-state index in [1.54, 1.807) is 20.2 Å². The zero-order valence-corrected chi connectivity index (χ0v) is 24.9. The molecule has 1 saturated heterocycles. The van der Waals surface area contributed by atoms with Gasteiger partial charge < -0.3 is 25.1 Å². The van der Waals surface area contributed by atoms with Gasteiger partial charge in [0, 0.05) is 93.9 Å². The van der Waals surface area contributed by atoms with Crippen LogP contribution in [0.15, 0.2) is 30.3 Å². The van der Waals surface area contributed by atoms with Crippen LogP contribution in [0.5, 0.6) is 0 Å². The zero-order chi connectivity index (χ0) is 29.8. The van der Waals surface area contributed by atoms with Crippen molar-refractivity contribution in [3.8, 4) is 0 Å². The fourth-order valence-electron chi connectivity index (χ4n) is 6.55. The summed E-state index contributed by atoms with van der Waals surface area (Å²) in [6.07, 6.45) is 1.81. The second kappa shape index (κ2) is 11.0. The summed E-state index contributed by atoms with van der Waals surface area (Å²) in [5.41, 5.74) is 1.61. The molecule has 9 nitrogen and oxygen atoms in total. The Balaban J connectivity index is 1.43. The lowest BCUT2D eigenvalue weighted by atomic mass is 9.77. The Labute approximate surface area is 249 Å². The van der Waals surface area contributed by atoms with Gasteiger partial charge >= 0.3 is 0 Å². The number of nitrogens with one attached hydrogen (secondary N) is 1. The van der Waals surface area contributed by atoms with Gasteiger partial charge in [0.2, 0.25) is 17.8 Å². The minimum Gasteiger partial charge on any atom is -0.389 e. The molecule has 2 aromatic carbocycles. The van der Waals surface area contributed by atoms with Crippen molar-refractivity contribution in [3.05, 3.63) is 57.9 Å². The minimum atomic E-state index is -0.859. The van der Waals surface area contributed by atoms with Crippen LogP contribution in [0.25, 0.3) is 10.9 Å². The number of hydrogen-bond acceptors (Lipinski definition) is 7. The van der Waals surface area contributed by atoms with Crippen LogP contribution in [-0.2, 0) is 16.0 Å². The quantitative estimate of drug-likeness (QED) is 0.429. The van der Waals surface area contributed by atoms with Crippen molar-refractivity contribution >= 4 is 46.1 Å². The number of rotatable bonds is 7. The second-order valence-corrected chi connectivity index (χ2v) is 12.2. The molecule has 2 amide bonds. The van der Waals surface area contributed by atoms with E-state index in [-0.39, 0.29) is 47.2 Å².